The zero-order valence-corrected chi connectivity index (χ0v) is 12.4. The van der Waals surface area contributed by atoms with Gasteiger partial charge in [-0.15, -0.1) is 0 Å². The highest BCUT2D eigenvalue weighted by Crippen LogP contribution is 2.42. The third kappa shape index (κ3) is 2.39. The van der Waals surface area contributed by atoms with Crippen molar-refractivity contribution in [2.45, 2.75) is 46.1 Å². The maximum atomic E-state index is 12.4. The van der Waals surface area contributed by atoms with Crippen LogP contribution in [0.1, 0.15) is 49.3 Å². The summed E-state index contributed by atoms with van der Waals surface area (Å²) in [5.74, 6) is 1.63. The number of carbonyl (C=O) groups excluding carboxylic acids is 1. The van der Waals surface area contributed by atoms with Gasteiger partial charge in [-0.2, -0.15) is 0 Å². The van der Waals surface area contributed by atoms with E-state index in [9.17, 15) is 4.79 Å². The van der Waals surface area contributed by atoms with Crippen molar-refractivity contribution in [1.82, 2.24) is 5.32 Å². The molecule has 5 heteroatoms. The molecular weight excluding hydrogens is 260 g/mol. The fraction of sp³-hybridized carbons (Fsp3) is 0.571. The van der Waals surface area contributed by atoms with Gasteiger partial charge in [0, 0.05) is 5.56 Å². The minimum atomic E-state index is -0.629. The lowest BCUT2D eigenvalue weighted by Gasteiger charge is -2.39. The van der Waals surface area contributed by atoms with Gasteiger partial charge in [0.1, 0.15) is 11.5 Å². The van der Waals surface area contributed by atoms with Crippen LogP contribution in [0.4, 0.5) is 0 Å². The number of aryl methyl sites for hydroxylation is 2. The van der Waals surface area contributed by atoms with Crippen LogP contribution in [0.5, 0.6) is 0 Å². The lowest BCUT2D eigenvalue weighted by atomic mass is 9.68. The standard InChI is InChI=1S/C14H20N2O2S/c1-8-7-11(10(3)18-8)9(2)16-13(17)14(12(15)19)5-4-6-14/h7,9H,4-6H2,1-3H3,(H2,15,19)(H,16,17). The summed E-state index contributed by atoms with van der Waals surface area (Å²) in [6.07, 6.45) is 2.51. The predicted octanol–water partition coefficient (Wildman–Crippen LogP) is 2.53. The van der Waals surface area contributed by atoms with Crippen LogP contribution in [0.2, 0.25) is 0 Å². The van der Waals surface area contributed by atoms with Crippen molar-refractivity contribution in [3.8, 4) is 0 Å². The topological polar surface area (TPSA) is 68.3 Å². The van der Waals surface area contributed by atoms with Crippen molar-refractivity contribution >= 4 is 23.1 Å². The maximum Gasteiger partial charge on any atom is 0.233 e. The van der Waals surface area contributed by atoms with Gasteiger partial charge in [-0.3, -0.25) is 4.79 Å². The molecule has 3 N–H and O–H groups in total. The molecule has 1 unspecified atom stereocenters. The van der Waals surface area contributed by atoms with Crippen LogP contribution in [0.15, 0.2) is 10.5 Å². The molecule has 2 rings (SSSR count). The van der Waals surface area contributed by atoms with Crippen molar-refractivity contribution in [2.75, 3.05) is 0 Å². The van der Waals surface area contributed by atoms with Crippen LogP contribution in [-0.2, 0) is 4.79 Å². The number of hydrogen-bond donors (Lipinski definition) is 2. The predicted molar refractivity (Wildman–Crippen MR) is 77.8 cm³/mol. The second kappa shape index (κ2) is 4.96. The first-order valence-corrected chi connectivity index (χ1v) is 6.95. The van der Waals surface area contributed by atoms with E-state index in [1.54, 1.807) is 0 Å². The second-order valence-electron chi connectivity index (χ2n) is 5.36. The molecule has 1 saturated carbocycles. The lowest BCUT2D eigenvalue weighted by molar-refractivity contribution is -0.131. The minimum absolute atomic E-state index is 0.0583. The molecular formula is C14H20N2O2S. The van der Waals surface area contributed by atoms with Crippen molar-refractivity contribution in [3.63, 3.8) is 0 Å². The van der Waals surface area contributed by atoms with Gasteiger partial charge in [-0.05, 0) is 39.7 Å². The normalized spacial score (nSPS) is 18.5. The fourth-order valence-electron chi connectivity index (χ4n) is 2.61. The Labute approximate surface area is 118 Å². The molecule has 1 heterocycles. The fourth-order valence-corrected chi connectivity index (χ4v) is 2.91. The van der Waals surface area contributed by atoms with E-state index >= 15 is 0 Å². The molecule has 0 aromatic carbocycles. The molecule has 1 aliphatic rings. The highest BCUT2D eigenvalue weighted by atomic mass is 32.1. The Morgan fingerprint density at radius 2 is 2.16 bits per heavy atom. The summed E-state index contributed by atoms with van der Waals surface area (Å²) >= 11 is 5.05. The largest absolute Gasteiger partial charge is 0.466 e. The summed E-state index contributed by atoms with van der Waals surface area (Å²) in [7, 11) is 0. The summed E-state index contributed by atoms with van der Waals surface area (Å²) < 4.78 is 5.49. The molecule has 0 aliphatic heterocycles. The molecule has 0 spiro atoms. The number of thiocarbonyl (C=S) groups is 1. The quantitative estimate of drug-likeness (QED) is 0.832. The van der Waals surface area contributed by atoms with Gasteiger partial charge in [0.25, 0.3) is 0 Å². The number of hydrogen-bond acceptors (Lipinski definition) is 3. The number of furan rings is 1. The summed E-state index contributed by atoms with van der Waals surface area (Å²) in [5, 5.41) is 3.01. The van der Waals surface area contributed by atoms with Gasteiger partial charge >= 0.3 is 0 Å². The van der Waals surface area contributed by atoms with E-state index in [0.29, 0.717) is 4.99 Å². The molecule has 1 aromatic rings. The monoisotopic (exact) mass is 280 g/mol. The smallest absolute Gasteiger partial charge is 0.233 e. The van der Waals surface area contributed by atoms with E-state index in [4.69, 9.17) is 22.4 Å². The zero-order chi connectivity index (χ0) is 14.2. The maximum absolute atomic E-state index is 12.4. The van der Waals surface area contributed by atoms with E-state index in [-0.39, 0.29) is 11.9 Å². The van der Waals surface area contributed by atoms with Crippen molar-refractivity contribution in [1.29, 1.82) is 0 Å². The van der Waals surface area contributed by atoms with Gasteiger partial charge in [0.05, 0.1) is 16.4 Å². The van der Waals surface area contributed by atoms with Crippen LogP contribution >= 0.6 is 12.2 Å². The van der Waals surface area contributed by atoms with E-state index in [2.05, 4.69) is 5.32 Å². The van der Waals surface area contributed by atoms with E-state index in [0.717, 1.165) is 36.3 Å². The van der Waals surface area contributed by atoms with Gasteiger partial charge in [-0.1, -0.05) is 18.6 Å². The molecule has 1 fully saturated rings. The van der Waals surface area contributed by atoms with Gasteiger partial charge in [0.15, 0.2) is 0 Å². The van der Waals surface area contributed by atoms with E-state index in [1.165, 1.54) is 0 Å². The molecule has 0 bridgehead atoms. The van der Waals surface area contributed by atoms with Crippen molar-refractivity contribution in [2.24, 2.45) is 11.1 Å². The molecule has 1 atom stereocenters. The number of nitrogens with two attached hydrogens (primary N) is 1. The van der Waals surface area contributed by atoms with Gasteiger partial charge < -0.3 is 15.5 Å². The van der Waals surface area contributed by atoms with Crippen molar-refractivity contribution < 1.29 is 9.21 Å². The Balaban J connectivity index is 2.11. The number of carbonyl (C=O) groups is 1. The average molecular weight is 280 g/mol. The molecule has 4 nitrogen and oxygen atoms in total. The molecule has 1 amide bonds. The number of amides is 1. The lowest BCUT2D eigenvalue weighted by Crippen LogP contribution is -2.53. The zero-order valence-electron chi connectivity index (χ0n) is 11.6. The Kier molecular flexibility index (Phi) is 3.67. The molecule has 19 heavy (non-hydrogen) atoms. The third-order valence-corrected chi connectivity index (χ3v) is 4.40. The van der Waals surface area contributed by atoms with Crippen LogP contribution in [0.25, 0.3) is 0 Å². The first-order chi connectivity index (χ1) is 8.86. The summed E-state index contributed by atoms with van der Waals surface area (Å²) in [6.45, 7) is 5.74. The second-order valence-corrected chi connectivity index (χ2v) is 5.80. The number of nitrogens with one attached hydrogen (secondary N) is 1. The van der Waals surface area contributed by atoms with Crippen molar-refractivity contribution in [3.05, 3.63) is 23.2 Å². The van der Waals surface area contributed by atoms with Crippen LogP contribution in [0, 0.1) is 19.3 Å². The Hall–Kier alpha value is -1.36. The third-order valence-electron chi connectivity index (χ3n) is 4.01. The molecule has 1 aromatic heterocycles. The number of rotatable bonds is 4. The minimum Gasteiger partial charge on any atom is -0.466 e. The first kappa shape index (κ1) is 14.1. The first-order valence-electron chi connectivity index (χ1n) is 6.54. The van der Waals surface area contributed by atoms with Crippen LogP contribution in [0.3, 0.4) is 0 Å². The summed E-state index contributed by atoms with van der Waals surface area (Å²) in [5.41, 5.74) is 6.11. The molecule has 1 aliphatic carbocycles. The average Bonchev–Trinajstić information content (AvgIpc) is 2.55. The Morgan fingerprint density at radius 1 is 1.53 bits per heavy atom. The SMILES string of the molecule is Cc1cc(C(C)NC(=O)C2(C(N)=S)CCC2)c(C)o1. The Bertz CT molecular complexity index is 518. The van der Waals surface area contributed by atoms with E-state index in [1.807, 2.05) is 26.8 Å². The molecule has 0 radical (unpaired) electrons. The molecule has 104 valence electrons. The van der Waals surface area contributed by atoms with Gasteiger partial charge in [-0.25, -0.2) is 0 Å². The molecule has 0 saturated heterocycles. The van der Waals surface area contributed by atoms with Crippen LogP contribution < -0.4 is 11.1 Å². The Morgan fingerprint density at radius 3 is 2.53 bits per heavy atom. The van der Waals surface area contributed by atoms with E-state index < -0.39 is 5.41 Å². The summed E-state index contributed by atoms with van der Waals surface area (Å²) in [4.78, 5) is 12.7. The highest BCUT2D eigenvalue weighted by Gasteiger charge is 2.47. The van der Waals surface area contributed by atoms with Gasteiger partial charge in [0.2, 0.25) is 5.91 Å². The summed E-state index contributed by atoms with van der Waals surface area (Å²) in [6, 6.07) is 1.85. The highest BCUT2D eigenvalue weighted by molar-refractivity contribution is 7.80. The van der Waals surface area contributed by atoms with Crippen LogP contribution in [-0.4, -0.2) is 10.9 Å².